The van der Waals surface area contributed by atoms with E-state index in [9.17, 15) is 74.6 Å². The third kappa shape index (κ3) is 7.50. The standard InChI is InChI=1S/C23H31F17O2/c1-5-7-11-41-14(4)15(42-12-8-6-2)13(3)9-10-16(24,25)17(26,27)18(28,29)19(30,31)20(32,33)21(34,35)22(36,37)23(38,39)40/h13-15H,5-12H2,1-4H3. The Kier molecular flexibility index (Phi) is 13.4. The Hall–Kier alpha value is -1.27. The lowest BCUT2D eigenvalue weighted by Crippen LogP contribution is -2.74. The maximum atomic E-state index is 14.3. The summed E-state index contributed by atoms with van der Waals surface area (Å²) in [6.07, 6.45) is -11.5. The van der Waals surface area contributed by atoms with E-state index in [1.807, 2.05) is 0 Å². The van der Waals surface area contributed by atoms with Gasteiger partial charge in [-0.1, -0.05) is 33.6 Å². The molecule has 0 aliphatic carbocycles. The van der Waals surface area contributed by atoms with Gasteiger partial charge < -0.3 is 9.47 Å². The van der Waals surface area contributed by atoms with Gasteiger partial charge >= 0.3 is 47.6 Å². The van der Waals surface area contributed by atoms with Gasteiger partial charge in [0.2, 0.25) is 0 Å². The predicted octanol–water partition coefficient (Wildman–Crippen LogP) is 9.80. The molecule has 0 fully saturated rings. The molecule has 0 aromatic rings. The zero-order chi connectivity index (χ0) is 33.8. The molecule has 19 heteroatoms. The van der Waals surface area contributed by atoms with E-state index >= 15 is 0 Å². The van der Waals surface area contributed by atoms with Gasteiger partial charge in [0.25, 0.3) is 0 Å². The van der Waals surface area contributed by atoms with Crippen molar-refractivity contribution >= 4 is 0 Å². The zero-order valence-corrected chi connectivity index (χ0v) is 22.6. The minimum absolute atomic E-state index is 0.0182. The molecule has 0 saturated heterocycles. The topological polar surface area (TPSA) is 18.5 Å². The number of hydrogen-bond donors (Lipinski definition) is 0. The van der Waals surface area contributed by atoms with E-state index in [0.717, 1.165) is 6.92 Å². The minimum Gasteiger partial charge on any atom is -0.376 e. The van der Waals surface area contributed by atoms with Gasteiger partial charge in [0.15, 0.2) is 0 Å². The molecule has 0 rings (SSSR count). The monoisotopic (exact) mass is 662 g/mol. The van der Waals surface area contributed by atoms with Crippen LogP contribution in [0, 0.1) is 5.92 Å². The SMILES string of the molecule is CCCCOC(C)C(OCCCC)C(C)CCC(F)(F)C(F)(F)C(F)(F)C(F)(F)C(F)(F)C(F)(F)C(F)(F)C(F)(F)F. The molecule has 0 spiro atoms. The lowest BCUT2D eigenvalue weighted by atomic mass is 9.86. The lowest BCUT2D eigenvalue weighted by molar-refractivity contribution is -0.461. The van der Waals surface area contributed by atoms with Gasteiger partial charge in [0.1, 0.15) is 0 Å². The van der Waals surface area contributed by atoms with Crippen LogP contribution in [-0.2, 0) is 9.47 Å². The van der Waals surface area contributed by atoms with Gasteiger partial charge in [0, 0.05) is 19.6 Å². The molecular formula is C23H31F17O2. The van der Waals surface area contributed by atoms with Crippen molar-refractivity contribution in [2.24, 2.45) is 5.92 Å². The summed E-state index contributed by atoms with van der Waals surface area (Å²) < 4.78 is 240. The van der Waals surface area contributed by atoms with E-state index in [1.54, 1.807) is 13.8 Å². The Morgan fingerprint density at radius 1 is 0.500 bits per heavy atom. The Morgan fingerprint density at radius 3 is 1.24 bits per heavy atom. The van der Waals surface area contributed by atoms with E-state index in [1.165, 1.54) is 6.92 Å². The molecule has 0 radical (unpaired) electrons. The molecule has 0 amide bonds. The Bertz CT molecular complexity index is 826. The molecule has 254 valence electrons. The third-order valence-corrected chi connectivity index (χ3v) is 6.41. The van der Waals surface area contributed by atoms with Gasteiger partial charge in [-0.3, -0.25) is 0 Å². The molecule has 0 aliphatic heterocycles. The average Bonchev–Trinajstić information content (AvgIpc) is 2.83. The van der Waals surface area contributed by atoms with Crippen LogP contribution in [0.25, 0.3) is 0 Å². The van der Waals surface area contributed by atoms with Gasteiger partial charge in [-0.2, -0.15) is 74.6 Å². The van der Waals surface area contributed by atoms with Crippen molar-refractivity contribution in [3.8, 4) is 0 Å². The van der Waals surface area contributed by atoms with E-state index in [2.05, 4.69) is 0 Å². The van der Waals surface area contributed by atoms with Crippen LogP contribution in [0.4, 0.5) is 74.6 Å². The number of halogens is 17. The van der Waals surface area contributed by atoms with Crippen LogP contribution in [0.1, 0.15) is 66.2 Å². The van der Waals surface area contributed by atoms with Crippen molar-refractivity contribution < 1.29 is 84.1 Å². The van der Waals surface area contributed by atoms with Crippen molar-refractivity contribution in [3.05, 3.63) is 0 Å². The molecule has 42 heavy (non-hydrogen) atoms. The fraction of sp³-hybridized carbons (Fsp3) is 1.00. The van der Waals surface area contributed by atoms with Gasteiger partial charge in [-0.05, 0) is 32.1 Å². The first kappa shape index (κ1) is 40.7. The third-order valence-electron chi connectivity index (χ3n) is 6.41. The summed E-state index contributed by atoms with van der Waals surface area (Å²) in [5, 5.41) is 0. The van der Waals surface area contributed by atoms with Crippen LogP contribution in [-0.4, -0.2) is 73.1 Å². The van der Waals surface area contributed by atoms with Crippen LogP contribution in [0.3, 0.4) is 0 Å². The first-order valence-corrected chi connectivity index (χ1v) is 12.5. The van der Waals surface area contributed by atoms with Crippen LogP contribution >= 0.6 is 0 Å². The summed E-state index contributed by atoms with van der Waals surface area (Å²) in [7, 11) is 0. The summed E-state index contributed by atoms with van der Waals surface area (Å²) in [6, 6.07) is 0. The molecule has 0 heterocycles. The quantitative estimate of drug-likeness (QED) is 0.101. The van der Waals surface area contributed by atoms with E-state index in [-0.39, 0.29) is 13.2 Å². The molecule has 0 aliphatic rings. The van der Waals surface area contributed by atoms with Gasteiger partial charge in [-0.15, -0.1) is 0 Å². The van der Waals surface area contributed by atoms with E-state index < -0.39 is 78.6 Å². The second-order valence-electron chi connectivity index (χ2n) is 9.78. The van der Waals surface area contributed by atoms with Crippen LogP contribution in [0.5, 0.6) is 0 Å². The average molecular weight is 662 g/mol. The maximum absolute atomic E-state index is 14.3. The number of unbranched alkanes of at least 4 members (excludes halogenated alkanes) is 2. The lowest BCUT2D eigenvalue weighted by Gasteiger charge is -2.43. The van der Waals surface area contributed by atoms with Crippen LogP contribution < -0.4 is 0 Å². The van der Waals surface area contributed by atoms with Crippen molar-refractivity contribution in [1.82, 2.24) is 0 Å². The highest BCUT2D eigenvalue weighted by molar-refractivity contribution is 5.15. The van der Waals surface area contributed by atoms with Crippen molar-refractivity contribution in [2.75, 3.05) is 13.2 Å². The highest BCUT2D eigenvalue weighted by atomic mass is 19.4. The molecule has 0 saturated carbocycles. The molecular weight excluding hydrogens is 631 g/mol. The molecule has 0 aromatic carbocycles. The summed E-state index contributed by atoms with van der Waals surface area (Å²) in [4.78, 5) is 0. The molecule has 0 bridgehead atoms. The Morgan fingerprint density at radius 2 is 0.857 bits per heavy atom. The molecule has 3 atom stereocenters. The number of ether oxygens (including phenoxy) is 2. The fourth-order valence-corrected chi connectivity index (χ4v) is 3.56. The Balaban J connectivity index is 6.25. The van der Waals surface area contributed by atoms with E-state index in [4.69, 9.17) is 9.47 Å². The molecule has 3 unspecified atom stereocenters. The fourth-order valence-electron chi connectivity index (χ4n) is 3.56. The van der Waals surface area contributed by atoms with Crippen LogP contribution in [0.2, 0.25) is 0 Å². The predicted molar refractivity (Wildman–Crippen MR) is 114 cm³/mol. The van der Waals surface area contributed by atoms with Gasteiger partial charge in [0.05, 0.1) is 12.2 Å². The largest absolute Gasteiger partial charge is 0.460 e. The zero-order valence-electron chi connectivity index (χ0n) is 22.6. The molecule has 0 aromatic heterocycles. The van der Waals surface area contributed by atoms with Crippen molar-refractivity contribution in [2.45, 2.75) is 126 Å². The smallest absolute Gasteiger partial charge is 0.376 e. The van der Waals surface area contributed by atoms with Crippen molar-refractivity contribution in [1.29, 1.82) is 0 Å². The van der Waals surface area contributed by atoms with Crippen molar-refractivity contribution in [3.63, 3.8) is 0 Å². The summed E-state index contributed by atoms with van der Waals surface area (Å²) >= 11 is 0. The number of alkyl halides is 17. The summed E-state index contributed by atoms with van der Waals surface area (Å²) in [5.74, 6) is -57.5. The minimum atomic E-state index is -8.63. The normalized spacial score (nSPS) is 17.4. The molecule has 2 nitrogen and oxygen atoms in total. The number of rotatable bonds is 19. The highest BCUT2D eigenvalue weighted by Gasteiger charge is 2.95. The first-order valence-electron chi connectivity index (χ1n) is 12.5. The second kappa shape index (κ2) is 13.8. The Labute approximate surface area is 230 Å². The molecule has 0 N–H and O–H groups in total. The van der Waals surface area contributed by atoms with Gasteiger partial charge in [-0.25, -0.2) is 0 Å². The summed E-state index contributed by atoms with van der Waals surface area (Å²) in [6.45, 7) is 6.07. The summed E-state index contributed by atoms with van der Waals surface area (Å²) in [5.41, 5.74) is 0. The maximum Gasteiger partial charge on any atom is 0.460 e. The first-order chi connectivity index (χ1) is 18.6. The van der Waals surface area contributed by atoms with E-state index in [0.29, 0.717) is 25.7 Å². The highest BCUT2D eigenvalue weighted by Crippen LogP contribution is 2.64. The number of hydrogen-bond acceptors (Lipinski definition) is 2. The second-order valence-corrected chi connectivity index (χ2v) is 9.78. The van der Waals surface area contributed by atoms with Crippen LogP contribution in [0.15, 0.2) is 0 Å².